The van der Waals surface area contributed by atoms with Crippen LogP contribution in [0.25, 0.3) is 0 Å². The molecule has 0 fully saturated rings. The Hall–Kier alpha value is -3.44. The van der Waals surface area contributed by atoms with Crippen molar-refractivity contribution in [2.75, 3.05) is 7.11 Å². The molecular formula is C24H23NO4. The van der Waals surface area contributed by atoms with Crippen molar-refractivity contribution in [1.82, 2.24) is 0 Å². The first-order chi connectivity index (χ1) is 14.1. The summed E-state index contributed by atoms with van der Waals surface area (Å²) in [6.07, 6.45) is 3.94. The Morgan fingerprint density at radius 1 is 0.966 bits per heavy atom. The summed E-state index contributed by atoms with van der Waals surface area (Å²) in [4.78, 5) is 10.4. The molecule has 5 heteroatoms. The van der Waals surface area contributed by atoms with Crippen LogP contribution in [0.5, 0.6) is 5.75 Å². The molecule has 3 aromatic carbocycles. The second-order valence-electron chi connectivity index (χ2n) is 6.71. The molecular weight excluding hydrogens is 366 g/mol. The van der Waals surface area contributed by atoms with Crippen molar-refractivity contribution in [1.29, 1.82) is 0 Å². The normalized spacial score (nSPS) is 13.2. The van der Waals surface area contributed by atoms with Crippen LogP contribution in [0.2, 0.25) is 0 Å². The number of aliphatic hydroxyl groups is 1. The highest BCUT2D eigenvalue weighted by Gasteiger charge is 2.21. The SMILES string of the molecule is COc1ccc(C(/C=C\Cc2ccccc2)C(O)c2ccc([N+](=O)[O-])cc2)cc1. The Morgan fingerprint density at radius 3 is 2.17 bits per heavy atom. The van der Waals surface area contributed by atoms with Gasteiger partial charge in [0.1, 0.15) is 5.75 Å². The summed E-state index contributed by atoms with van der Waals surface area (Å²) in [5.74, 6) is 0.441. The van der Waals surface area contributed by atoms with E-state index >= 15 is 0 Å². The number of methoxy groups -OCH3 is 1. The number of nitro groups is 1. The molecule has 0 heterocycles. The zero-order valence-corrected chi connectivity index (χ0v) is 16.1. The van der Waals surface area contributed by atoms with Gasteiger partial charge in [-0.2, -0.15) is 0 Å². The number of benzene rings is 3. The third kappa shape index (κ3) is 5.30. The van der Waals surface area contributed by atoms with E-state index in [0.29, 0.717) is 5.56 Å². The molecule has 3 aromatic rings. The summed E-state index contributed by atoms with van der Waals surface area (Å²) < 4.78 is 5.22. The van der Waals surface area contributed by atoms with E-state index in [-0.39, 0.29) is 11.6 Å². The third-order valence-electron chi connectivity index (χ3n) is 4.83. The molecule has 148 valence electrons. The summed E-state index contributed by atoms with van der Waals surface area (Å²) in [7, 11) is 1.61. The number of nitro benzene ring substituents is 1. The fourth-order valence-corrected chi connectivity index (χ4v) is 3.19. The Labute approximate surface area is 170 Å². The van der Waals surface area contributed by atoms with Crippen molar-refractivity contribution in [3.63, 3.8) is 0 Å². The van der Waals surface area contributed by atoms with Gasteiger partial charge in [0.15, 0.2) is 0 Å². The molecule has 2 unspecified atom stereocenters. The predicted molar refractivity (Wildman–Crippen MR) is 113 cm³/mol. The average Bonchev–Trinajstić information content (AvgIpc) is 2.77. The summed E-state index contributed by atoms with van der Waals surface area (Å²) in [5, 5.41) is 21.9. The summed E-state index contributed by atoms with van der Waals surface area (Å²) in [6.45, 7) is 0. The van der Waals surface area contributed by atoms with Gasteiger partial charge in [-0.15, -0.1) is 0 Å². The lowest BCUT2D eigenvalue weighted by molar-refractivity contribution is -0.384. The molecule has 2 atom stereocenters. The molecule has 0 spiro atoms. The number of rotatable bonds is 8. The lowest BCUT2D eigenvalue weighted by atomic mass is 9.88. The van der Waals surface area contributed by atoms with Crippen LogP contribution in [-0.4, -0.2) is 17.1 Å². The van der Waals surface area contributed by atoms with Gasteiger partial charge in [-0.3, -0.25) is 10.1 Å². The Morgan fingerprint density at radius 2 is 1.59 bits per heavy atom. The lowest BCUT2D eigenvalue weighted by Crippen LogP contribution is -2.09. The number of nitrogens with zero attached hydrogens (tertiary/aromatic N) is 1. The maximum Gasteiger partial charge on any atom is 0.269 e. The molecule has 1 N–H and O–H groups in total. The van der Waals surface area contributed by atoms with E-state index in [2.05, 4.69) is 12.1 Å². The zero-order valence-electron chi connectivity index (χ0n) is 16.1. The highest BCUT2D eigenvalue weighted by atomic mass is 16.6. The number of aliphatic hydroxyl groups excluding tert-OH is 1. The van der Waals surface area contributed by atoms with Gasteiger partial charge in [-0.25, -0.2) is 0 Å². The van der Waals surface area contributed by atoms with Crippen molar-refractivity contribution in [2.45, 2.75) is 18.4 Å². The van der Waals surface area contributed by atoms with E-state index in [4.69, 9.17) is 4.74 Å². The van der Waals surface area contributed by atoms with E-state index in [0.717, 1.165) is 17.7 Å². The van der Waals surface area contributed by atoms with Crippen molar-refractivity contribution in [3.8, 4) is 5.75 Å². The summed E-state index contributed by atoms with van der Waals surface area (Å²) >= 11 is 0. The highest BCUT2D eigenvalue weighted by Crippen LogP contribution is 2.34. The molecule has 0 saturated carbocycles. The first-order valence-electron chi connectivity index (χ1n) is 9.35. The van der Waals surface area contributed by atoms with Crippen LogP contribution in [0.3, 0.4) is 0 Å². The highest BCUT2D eigenvalue weighted by molar-refractivity contribution is 5.38. The molecule has 0 aromatic heterocycles. The van der Waals surface area contributed by atoms with Crippen molar-refractivity contribution < 1.29 is 14.8 Å². The predicted octanol–water partition coefficient (Wildman–Crippen LogP) is 5.22. The van der Waals surface area contributed by atoms with Gasteiger partial charge in [0, 0.05) is 18.1 Å². The van der Waals surface area contributed by atoms with Gasteiger partial charge in [-0.1, -0.05) is 54.6 Å². The number of non-ortho nitro benzene ring substituents is 1. The maximum absolute atomic E-state index is 11.0. The van der Waals surface area contributed by atoms with Gasteiger partial charge in [0.25, 0.3) is 5.69 Å². The van der Waals surface area contributed by atoms with Crippen LogP contribution in [0.4, 0.5) is 5.69 Å². The van der Waals surface area contributed by atoms with E-state index < -0.39 is 11.0 Å². The number of allylic oxidation sites excluding steroid dienone is 1. The lowest BCUT2D eigenvalue weighted by Gasteiger charge is -2.21. The molecule has 29 heavy (non-hydrogen) atoms. The van der Waals surface area contributed by atoms with Crippen LogP contribution >= 0.6 is 0 Å². The standard InChI is InChI=1S/C24H23NO4/c1-29-22-16-12-19(13-17-22)23(9-5-8-18-6-3-2-4-7-18)24(26)20-10-14-21(15-11-20)25(27)28/h2-7,9-17,23-24,26H,8H2,1H3/b9-5-. The smallest absolute Gasteiger partial charge is 0.269 e. The first kappa shape index (κ1) is 20.3. The second-order valence-corrected chi connectivity index (χ2v) is 6.71. The monoisotopic (exact) mass is 389 g/mol. The average molecular weight is 389 g/mol. The van der Waals surface area contributed by atoms with Gasteiger partial charge >= 0.3 is 0 Å². The van der Waals surface area contributed by atoms with Crippen molar-refractivity contribution in [2.24, 2.45) is 0 Å². The molecule has 0 aliphatic rings. The van der Waals surface area contributed by atoms with Crippen molar-refractivity contribution in [3.05, 3.63) is 118 Å². The van der Waals surface area contributed by atoms with Crippen molar-refractivity contribution >= 4 is 5.69 Å². The number of hydrogen-bond acceptors (Lipinski definition) is 4. The molecule has 0 bridgehead atoms. The van der Waals surface area contributed by atoms with Crippen LogP contribution in [0.15, 0.2) is 91.0 Å². The van der Waals surface area contributed by atoms with Crippen LogP contribution in [0.1, 0.15) is 28.7 Å². The quantitative estimate of drug-likeness (QED) is 0.326. The number of ether oxygens (including phenoxy) is 1. The molecule has 0 aliphatic heterocycles. The van der Waals surface area contributed by atoms with E-state index in [1.54, 1.807) is 19.2 Å². The third-order valence-corrected chi connectivity index (χ3v) is 4.83. The van der Waals surface area contributed by atoms with Gasteiger partial charge in [-0.05, 0) is 47.4 Å². The molecule has 5 nitrogen and oxygen atoms in total. The minimum absolute atomic E-state index is 0.00145. The van der Waals surface area contributed by atoms with Gasteiger partial charge in [0.2, 0.25) is 0 Å². The topological polar surface area (TPSA) is 72.6 Å². The van der Waals surface area contributed by atoms with E-state index in [9.17, 15) is 15.2 Å². The first-order valence-corrected chi connectivity index (χ1v) is 9.35. The van der Waals surface area contributed by atoms with Crippen LogP contribution in [0, 0.1) is 10.1 Å². The molecule has 0 radical (unpaired) electrons. The fourth-order valence-electron chi connectivity index (χ4n) is 3.19. The number of hydrogen-bond donors (Lipinski definition) is 1. The Balaban J connectivity index is 1.87. The second kappa shape index (κ2) is 9.66. The maximum atomic E-state index is 11.0. The largest absolute Gasteiger partial charge is 0.497 e. The fraction of sp³-hybridized carbons (Fsp3) is 0.167. The molecule has 0 saturated heterocycles. The summed E-state index contributed by atoms with van der Waals surface area (Å²) in [6, 6.07) is 23.7. The van der Waals surface area contributed by atoms with Crippen LogP contribution in [-0.2, 0) is 6.42 Å². The Bertz CT molecular complexity index is 950. The molecule has 3 rings (SSSR count). The zero-order chi connectivity index (χ0) is 20.6. The van der Waals surface area contributed by atoms with E-state index in [1.807, 2.05) is 54.6 Å². The Kier molecular flexibility index (Phi) is 6.76. The molecule has 0 aliphatic carbocycles. The minimum atomic E-state index is -0.837. The van der Waals surface area contributed by atoms with Gasteiger partial charge < -0.3 is 9.84 Å². The van der Waals surface area contributed by atoms with E-state index in [1.165, 1.54) is 17.7 Å². The minimum Gasteiger partial charge on any atom is -0.497 e. The summed E-state index contributed by atoms with van der Waals surface area (Å²) in [5.41, 5.74) is 2.74. The van der Waals surface area contributed by atoms with Crippen LogP contribution < -0.4 is 4.74 Å². The molecule has 0 amide bonds. The van der Waals surface area contributed by atoms with Gasteiger partial charge in [0.05, 0.1) is 18.1 Å².